The molecule has 0 amide bonds. The van der Waals surface area contributed by atoms with Gasteiger partial charge in [0.1, 0.15) is 5.69 Å². The predicted molar refractivity (Wildman–Crippen MR) is 68.1 cm³/mol. The Balaban J connectivity index is 2.05. The van der Waals surface area contributed by atoms with Gasteiger partial charge in [-0.15, -0.1) is 0 Å². The second kappa shape index (κ2) is 4.93. The zero-order valence-corrected chi connectivity index (χ0v) is 10.9. The summed E-state index contributed by atoms with van der Waals surface area (Å²) in [7, 11) is 0. The van der Waals surface area contributed by atoms with Crippen LogP contribution in [-0.4, -0.2) is 16.8 Å². The molecule has 1 aromatic carbocycles. The van der Waals surface area contributed by atoms with Crippen molar-refractivity contribution in [2.75, 3.05) is 6.79 Å². The quantitative estimate of drug-likeness (QED) is 0.877. The second-order valence-corrected chi connectivity index (χ2v) is 4.62. The number of rotatable bonds is 2. The molecule has 116 valence electrons. The molecule has 9 heteroatoms. The Bertz CT molecular complexity index is 838. The van der Waals surface area contributed by atoms with Crippen molar-refractivity contribution >= 4 is 0 Å². The number of hydrogen-bond acceptors (Lipinski definition) is 4. The average Bonchev–Trinajstić information content (AvgIpc) is 2.87. The highest BCUT2D eigenvalue weighted by Crippen LogP contribution is 2.34. The van der Waals surface area contributed by atoms with E-state index in [-0.39, 0.29) is 13.2 Å². The molecule has 0 bridgehead atoms. The van der Waals surface area contributed by atoms with Crippen molar-refractivity contribution in [3.8, 4) is 11.5 Å². The molecule has 2 aromatic rings. The maximum atomic E-state index is 13.0. The maximum absolute atomic E-state index is 13.0. The molecule has 6 nitrogen and oxygen atoms in total. The first-order valence-electron chi connectivity index (χ1n) is 6.16. The Morgan fingerprint density at radius 1 is 1.09 bits per heavy atom. The largest absolute Gasteiger partial charge is 0.454 e. The van der Waals surface area contributed by atoms with Gasteiger partial charge >= 0.3 is 11.9 Å². The predicted octanol–water partition coefficient (Wildman–Crippen LogP) is 1.40. The van der Waals surface area contributed by atoms with Gasteiger partial charge in [-0.25, -0.2) is 4.79 Å². The Kier molecular flexibility index (Phi) is 3.19. The van der Waals surface area contributed by atoms with Crippen molar-refractivity contribution in [3.63, 3.8) is 0 Å². The van der Waals surface area contributed by atoms with Gasteiger partial charge in [0.15, 0.2) is 11.5 Å². The van der Waals surface area contributed by atoms with Crippen molar-refractivity contribution in [1.29, 1.82) is 0 Å². The summed E-state index contributed by atoms with van der Waals surface area (Å²) in [5.74, 6) is 0.877. The summed E-state index contributed by atoms with van der Waals surface area (Å²) in [5, 5.41) is 0. The number of fused-ring (bicyclic) bond motifs is 1. The Hall–Kier alpha value is -2.71. The normalized spacial score (nSPS) is 13.4. The molecule has 0 spiro atoms. The molecular weight excluding hydrogens is 305 g/mol. The average molecular weight is 314 g/mol. The summed E-state index contributed by atoms with van der Waals surface area (Å²) in [6.07, 6.45) is -5.14. The van der Waals surface area contributed by atoms with Crippen molar-refractivity contribution < 1.29 is 22.6 Å². The first-order chi connectivity index (χ1) is 10.3. The lowest BCUT2D eigenvalue weighted by atomic mass is 10.0. The summed E-state index contributed by atoms with van der Waals surface area (Å²) in [6.45, 7) is 0.0336. The standard InChI is InChI=1S/C13H9F3N2O4/c14-13(15,16)10-7(11(19)18-12(20)17-10)3-6-1-2-8-9(4-6)22-5-21-8/h1-2,4H,3,5H2,(H2,17,18,19,20). The molecular formula is C13H9F3N2O4. The van der Waals surface area contributed by atoms with Gasteiger partial charge in [0.25, 0.3) is 5.56 Å². The number of ether oxygens (including phenoxy) is 2. The molecule has 0 aliphatic carbocycles. The van der Waals surface area contributed by atoms with E-state index in [9.17, 15) is 22.8 Å². The van der Waals surface area contributed by atoms with Crippen LogP contribution in [0.2, 0.25) is 0 Å². The fourth-order valence-electron chi connectivity index (χ4n) is 2.18. The summed E-state index contributed by atoms with van der Waals surface area (Å²) < 4.78 is 49.1. The van der Waals surface area contributed by atoms with E-state index in [1.54, 1.807) is 16.0 Å². The highest BCUT2D eigenvalue weighted by Gasteiger charge is 2.36. The molecule has 0 saturated carbocycles. The molecule has 2 N–H and O–H groups in total. The minimum absolute atomic E-state index is 0.0336. The molecule has 1 aromatic heterocycles. The van der Waals surface area contributed by atoms with Crippen LogP contribution in [-0.2, 0) is 12.6 Å². The van der Waals surface area contributed by atoms with Gasteiger partial charge in [0.2, 0.25) is 6.79 Å². The Morgan fingerprint density at radius 3 is 2.55 bits per heavy atom. The molecule has 0 atom stereocenters. The smallest absolute Gasteiger partial charge is 0.431 e. The van der Waals surface area contributed by atoms with Crippen LogP contribution in [0.1, 0.15) is 16.8 Å². The molecule has 3 rings (SSSR count). The van der Waals surface area contributed by atoms with Crippen LogP contribution >= 0.6 is 0 Å². The number of hydrogen-bond donors (Lipinski definition) is 2. The number of halogens is 3. The van der Waals surface area contributed by atoms with Crippen molar-refractivity contribution in [3.05, 3.63) is 55.9 Å². The summed E-state index contributed by atoms with van der Waals surface area (Å²) in [6, 6.07) is 4.57. The van der Waals surface area contributed by atoms with E-state index < -0.39 is 28.7 Å². The van der Waals surface area contributed by atoms with Crippen LogP contribution in [0.4, 0.5) is 13.2 Å². The number of aromatic amines is 2. The van der Waals surface area contributed by atoms with E-state index in [1.807, 2.05) is 0 Å². The van der Waals surface area contributed by atoms with Crippen molar-refractivity contribution in [2.45, 2.75) is 12.6 Å². The van der Waals surface area contributed by atoms with Crippen LogP contribution in [0, 0.1) is 0 Å². The Morgan fingerprint density at radius 2 is 1.82 bits per heavy atom. The first kappa shape index (κ1) is 14.2. The topological polar surface area (TPSA) is 84.2 Å². The van der Waals surface area contributed by atoms with E-state index >= 15 is 0 Å². The highest BCUT2D eigenvalue weighted by molar-refractivity contribution is 5.45. The molecule has 1 aliphatic heterocycles. The van der Waals surface area contributed by atoms with E-state index in [0.29, 0.717) is 17.1 Å². The van der Waals surface area contributed by atoms with Gasteiger partial charge in [-0.05, 0) is 17.7 Å². The van der Waals surface area contributed by atoms with Crippen LogP contribution in [0.3, 0.4) is 0 Å². The summed E-state index contributed by atoms with van der Waals surface area (Å²) in [5.41, 5.74) is -3.77. The third kappa shape index (κ3) is 2.57. The third-order valence-corrected chi connectivity index (χ3v) is 3.14. The fraction of sp³-hybridized carbons (Fsp3) is 0.231. The Labute approximate surface area is 120 Å². The maximum Gasteiger partial charge on any atom is 0.431 e. The molecule has 0 unspecified atom stereocenters. The van der Waals surface area contributed by atoms with E-state index in [1.165, 1.54) is 12.1 Å². The van der Waals surface area contributed by atoms with Gasteiger partial charge in [0, 0.05) is 6.42 Å². The number of aromatic nitrogens is 2. The zero-order chi connectivity index (χ0) is 15.9. The van der Waals surface area contributed by atoms with Crippen molar-refractivity contribution in [2.24, 2.45) is 0 Å². The lowest BCUT2D eigenvalue weighted by Gasteiger charge is -2.11. The SMILES string of the molecule is O=c1[nH]c(C(F)(F)F)c(Cc2ccc3c(c2)OCO3)c(=O)[nH]1. The van der Waals surface area contributed by atoms with Gasteiger partial charge in [-0.2, -0.15) is 13.2 Å². The van der Waals surface area contributed by atoms with Crippen LogP contribution in [0.5, 0.6) is 11.5 Å². The monoisotopic (exact) mass is 314 g/mol. The molecule has 1 aliphatic rings. The molecule has 2 heterocycles. The van der Waals surface area contributed by atoms with Crippen LogP contribution < -0.4 is 20.7 Å². The van der Waals surface area contributed by atoms with Crippen LogP contribution in [0.15, 0.2) is 27.8 Å². The zero-order valence-electron chi connectivity index (χ0n) is 10.9. The van der Waals surface area contributed by atoms with Gasteiger partial charge in [0.05, 0.1) is 5.56 Å². The second-order valence-electron chi connectivity index (χ2n) is 4.62. The van der Waals surface area contributed by atoms with Gasteiger partial charge < -0.3 is 14.5 Å². The number of benzene rings is 1. The molecule has 0 radical (unpaired) electrons. The van der Waals surface area contributed by atoms with Crippen LogP contribution in [0.25, 0.3) is 0 Å². The third-order valence-electron chi connectivity index (χ3n) is 3.14. The highest BCUT2D eigenvalue weighted by atomic mass is 19.4. The molecule has 0 saturated heterocycles. The fourth-order valence-corrected chi connectivity index (χ4v) is 2.18. The van der Waals surface area contributed by atoms with E-state index in [0.717, 1.165) is 0 Å². The minimum Gasteiger partial charge on any atom is -0.454 e. The molecule has 22 heavy (non-hydrogen) atoms. The lowest BCUT2D eigenvalue weighted by molar-refractivity contribution is -0.142. The summed E-state index contributed by atoms with van der Waals surface area (Å²) >= 11 is 0. The van der Waals surface area contributed by atoms with E-state index in [2.05, 4.69) is 0 Å². The lowest BCUT2D eigenvalue weighted by Crippen LogP contribution is -2.31. The summed E-state index contributed by atoms with van der Waals surface area (Å²) in [4.78, 5) is 26.2. The number of alkyl halides is 3. The van der Waals surface area contributed by atoms with E-state index in [4.69, 9.17) is 9.47 Å². The molecule has 0 fully saturated rings. The minimum atomic E-state index is -4.83. The first-order valence-corrected chi connectivity index (χ1v) is 6.16. The van der Waals surface area contributed by atoms with Crippen molar-refractivity contribution in [1.82, 2.24) is 9.97 Å². The number of nitrogens with one attached hydrogen (secondary N) is 2. The number of H-pyrrole nitrogens is 2. The van der Waals surface area contributed by atoms with Gasteiger partial charge in [-0.3, -0.25) is 9.78 Å². The van der Waals surface area contributed by atoms with Gasteiger partial charge in [-0.1, -0.05) is 6.07 Å².